The highest BCUT2D eigenvalue weighted by Crippen LogP contribution is 2.34. The van der Waals surface area contributed by atoms with Gasteiger partial charge in [0.25, 0.3) is 0 Å². The molecule has 5 rings (SSSR count). The highest BCUT2D eigenvalue weighted by atomic mass is 35.5. The smallest absolute Gasteiger partial charge is 0.223 e. The Morgan fingerprint density at radius 2 is 1.74 bits per heavy atom. The molecule has 5 nitrogen and oxygen atoms in total. The van der Waals surface area contributed by atoms with Gasteiger partial charge in [-0.2, -0.15) is 0 Å². The average molecular weight is 481 g/mol. The topological polar surface area (TPSA) is 47.6 Å². The Morgan fingerprint density at radius 3 is 2.50 bits per heavy atom. The third-order valence-electron chi connectivity index (χ3n) is 7.91. The summed E-state index contributed by atoms with van der Waals surface area (Å²) in [6, 6.07) is 17.5. The number of amides is 1. The van der Waals surface area contributed by atoms with Crippen LogP contribution in [0.1, 0.15) is 36.8 Å². The maximum Gasteiger partial charge on any atom is 0.223 e. The van der Waals surface area contributed by atoms with E-state index in [-0.39, 0.29) is 11.8 Å². The maximum absolute atomic E-state index is 12.8. The van der Waals surface area contributed by atoms with Crippen molar-refractivity contribution in [2.45, 2.75) is 44.7 Å². The molecule has 2 aromatic rings. The Balaban J connectivity index is 1.14. The van der Waals surface area contributed by atoms with E-state index in [0.717, 1.165) is 70.1 Å². The Bertz CT molecular complexity index is 951. The molecule has 182 valence electrons. The number of fused-ring (bicyclic) bond motifs is 1. The summed E-state index contributed by atoms with van der Waals surface area (Å²) in [7, 11) is 0. The number of benzene rings is 2. The molecule has 3 aliphatic rings. The average Bonchev–Trinajstić information content (AvgIpc) is 3.21. The molecule has 1 amide bonds. The molecule has 0 saturated carbocycles. The minimum Gasteiger partial charge on any atom is -0.362 e. The first kappa shape index (κ1) is 23.7. The molecule has 1 atom stereocenters. The number of halogens is 1. The first-order valence-electron chi connectivity index (χ1n) is 13.0. The monoisotopic (exact) mass is 480 g/mol. The summed E-state index contributed by atoms with van der Waals surface area (Å²) >= 11 is 6.11. The molecular weight excluding hydrogens is 444 g/mol. The molecule has 2 N–H and O–H groups in total. The number of nitrogens with one attached hydrogen (secondary N) is 2. The van der Waals surface area contributed by atoms with Gasteiger partial charge in [0.1, 0.15) is 0 Å². The van der Waals surface area contributed by atoms with Crippen LogP contribution in [0, 0.1) is 11.8 Å². The Morgan fingerprint density at radius 1 is 1.00 bits per heavy atom. The number of carbonyl (C=O) groups is 1. The van der Waals surface area contributed by atoms with Crippen LogP contribution in [0.3, 0.4) is 0 Å². The molecule has 0 bridgehead atoms. The summed E-state index contributed by atoms with van der Waals surface area (Å²) in [4.78, 5) is 17.9. The van der Waals surface area contributed by atoms with Gasteiger partial charge in [0, 0.05) is 42.3 Å². The summed E-state index contributed by atoms with van der Waals surface area (Å²) in [5.74, 6) is 1.08. The van der Waals surface area contributed by atoms with Crippen molar-refractivity contribution in [1.82, 2.24) is 15.5 Å². The summed E-state index contributed by atoms with van der Waals surface area (Å²) in [5, 5.41) is 7.44. The van der Waals surface area contributed by atoms with Crippen molar-refractivity contribution in [2.75, 3.05) is 44.2 Å². The zero-order valence-corrected chi connectivity index (χ0v) is 20.8. The molecule has 0 aliphatic carbocycles. The van der Waals surface area contributed by atoms with Crippen LogP contribution in [0.15, 0.2) is 48.5 Å². The summed E-state index contributed by atoms with van der Waals surface area (Å²) in [6.45, 7) is 6.97. The van der Waals surface area contributed by atoms with E-state index >= 15 is 0 Å². The van der Waals surface area contributed by atoms with Gasteiger partial charge in [-0.3, -0.25) is 4.79 Å². The molecule has 34 heavy (non-hydrogen) atoms. The van der Waals surface area contributed by atoms with Gasteiger partial charge in [-0.25, -0.2) is 0 Å². The second-order valence-corrected chi connectivity index (χ2v) is 10.7. The minimum atomic E-state index is 0.170. The summed E-state index contributed by atoms with van der Waals surface area (Å²) in [5.41, 5.74) is 4.08. The first-order chi connectivity index (χ1) is 16.7. The van der Waals surface area contributed by atoms with E-state index in [2.05, 4.69) is 56.8 Å². The predicted molar refractivity (Wildman–Crippen MR) is 139 cm³/mol. The summed E-state index contributed by atoms with van der Waals surface area (Å²) < 4.78 is 0. The van der Waals surface area contributed by atoms with Gasteiger partial charge < -0.3 is 20.4 Å². The van der Waals surface area contributed by atoms with Crippen LogP contribution in [0.5, 0.6) is 0 Å². The van der Waals surface area contributed by atoms with Crippen LogP contribution in [-0.2, 0) is 17.8 Å². The fourth-order valence-corrected chi connectivity index (χ4v) is 5.97. The van der Waals surface area contributed by atoms with Crippen molar-refractivity contribution in [3.63, 3.8) is 0 Å². The highest BCUT2D eigenvalue weighted by Gasteiger charge is 2.32. The molecule has 3 aliphatic heterocycles. The number of hydrogen-bond donors (Lipinski definition) is 2. The molecule has 2 fully saturated rings. The second-order valence-electron chi connectivity index (χ2n) is 10.3. The minimum absolute atomic E-state index is 0.170. The number of hydrogen-bond acceptors (Lipinski definition) is 4. The van der Waals surface area contributed by atoms with Crippen molar-refractivity contribution < 1.29 is 4.79 Å². The van der Waals surface area contributed by atoms with Crippen molar-refractivity contribution in [3.05, 3.63) is 64.7 Å². The van der Waals surface area contributed by atoms with Gasteiger partial charge in [-0.05, 0) is 93.5 Å². The number of likely N-dealkylation sites (tertiary alicyclic amines) is 1. The lowest BCUT2D eigenvalue weighted by Gasteiger charge is -2.36. The van der Waals surface area contributed by atoms with Crippen molar-refractivity contribution in [1.29, 1.82) is 0 Å². The number of anilines is 1. The van der Waals surface area contributed by atoms with Gasteiger partial charge in [-0.1, -0.05) is 41.9 Å². The number of nitrogens with zero attached hydrogens (tertiary/aromatic N) is 2. The van der Waals surface area contributed by atoms with Crippen LogP contribution in [0.25, 0.3) is 0 Å². The lowest BCUT2D eigenvalue weighted by Crippen LogP contribution is -2.47. The molecular formula is C28H37ClN4O. The fourth-order valence-electron chi connectivity index (χ4n) is 5.84. The first-order valence-corrected chi connectivity index (χ1v) is 13.3. The van der Waals surface area contributed by atoms with Gasteiger partial charge in [0.2, 0.25) is 5.91 Å². The number of piperidine rings is 2. The number of carbonyl (C=O) groups excluding carboxylic acids is 1. The quantitative estimate of drug-likeness (QED) is 0.626. The molecule has 2 aromatic carbocycles. The largest absolute Gasteiger partial charge is 0.362 e. The zero-order valence-electron chi connectivity index (χ0n) is 20.0. The van der Waals surface area contributed by atoms with Crippen molar-refractivity contribution in [2.24, 2.45) is 11.8 Å². The van der Waals surface area contributed by atoms with E-state index in [1.54, 1.807) is 0 Å². The third-order valence-corrected chi connectivity index (χ3v) is 8.17. The normalized spacial score (nSPS) is 22.0. The van der Waals surface area contributed by atoms with Gasteiger partial charge in [0.15, 0.2) is 0 Å². The third kappa shape index (κ3) is 5.76. The van der Waals surface area contributed by atoms with E-state index in [4.69, 9.17) is 11.6 Å². The molecule has 6 heteroatoms. The van der Waals surface area contributed by atoms with E-state index < -0.39 is 0 Å². The van der Waals surface area contributed by atoms with Crippen molar-refractivity contribution >= 4 is 23.2 Å². The molecule has 0 radical (unpaired) electrons. The fraction of sp³-hybridized carbons (Fsp3) is 0.536. The van der Waals surface area contributed by atoms with E-state index in [9.17, 15) is 4.79 Å². The van der Waals surface area contributed by atoms with Crippen LogP contribution >= 0.6 is 11.6 Å². The molecule has 0 spiro atoms. The second kappa shape index (κ2) is 11.1. The zero-order chi connectivity index (χ0) is 23.3. The van der Waals surface area contributed by atoms with Gasteiger partial charge in [0.05, 0.1) is 0 Å². The standard InChI is InChI=1S/C28H37ClN4O/c29-25-7-5-22(6-8-25)19-33-26(17-24-3-1-2-4-27(24)33)20-32-15-11-23(12-16-32)28(34)31-18-21-9-13-30-14-10-21/h1-8,21,23,26,30H,9-20H2,(H,31,34). The molecule has 2 saturated heterocycles. The lowest BCUT2D eigenvalue weighted by atomic mass is 9.94. The SMILES string of the molecule is O=C(NCC1CCNCC1)C1CCN(CC2Cc3ccccc3N2Cc2ccc(Cl)cc2)CC1. The molecule has 1 unspecified atom stereocenters. The van der Waals surface area contributed by atoms with E-state index in [0.29, 0.717) is 12.0 Å². The summed E-state index contributed by atoms with van der Waals surface area (Å²) in [6.07, 6.45) is 5.37. The molecule has 0 aromatic heterocycles. The predicted octanol–water partition coefficient (Wildman–Crippen LogP) is 4.10. The lowest BCUT2D eigenvalue weighted by molar-refractivity contribution is -0.126. The van der Waals surface area contributed by atoms with E-state index in [1.807, 2.05) is 12.1 Å². The van der Waals surface area contributed by atoms with E-state index in [1.165, 1.54) is 29.7 Å². The highest BCUT2D eigenvalue weighted by molar-refractivity contribution is 6.30. The van der Waals surface area contributed by atoms with Gasteiger partial charge >= 0.3 is 0 Å². The Labute approximate surface area is 208 Å². The number of para-hydroxylation sites is 1. The molecule has 3 heterocycles. The Hall–Kier alpha value is -2.08. The van der Waals surface area contributed by atoms with Gasteiger partial charge in [-0.15, -0.1) is 0 Å². The maximum atomic E-state index is 12.8. The Kier molecular flexibility index (Phi) is 7.73. The van der Waals surface area contributed by atoms with Crippen LogP contribution < -0.4 is 15.5 Å². The van der Waals surface area contributed by atoms with Crippen LogP contribution in [-0.4, -0.2) is 56.1 Å². The van der Waals surface area contributed by atoms with Crippen LogP contribution in [0.2, 0.25) is 5.02 Å². The number of rotatable bonds is 7. The van der Waals surface area contributed by atoms with Crippen LogP contribution in [0.4, 0.5) is 5.69 Å². The van der Waals surface area contributed by atoms with Crippen molar-refractivity contribution in [3.8, 4) is 0 Å².